The first-order valence-corrected chi connectivity index (χ1v) is 6.84. The van der Waals surface area contributed by atoms with E-state index in [1.165, 1.54) is 4.90 Å². The molecule has 2 rings (SSSR count). The van der Waals surface area contributed by atoms with Gasteiger partial charge >= 0.3 is 0 Å². The van der Waals surface area contributed by atoms with E-state index >= 15 is 0 Å². The molecule has 3 nitrogen and oxygen atoms in total. The topological polar surface area (TPSA) is 54.7 Å². The molecule has 4 heteroatoms. The van der Waals surface area contributed by atoms with Gasteiger partial charge in [0, 0.05) is 16.3 Å². The summed E-state index contributed by atoms with van der Waals surface area (Å²) < 4.78 is 1.93. The van der Waals surface area contributed by atoms with E-state index in [2.05, 4.69) is 18.2 Å². The average Bonchev–Trinajstić information content (AvgIpc) is 2.60. The van der Waals surface area contributed by atoms with Crippen molar-refractivity contribution in [2.75, 3.05) is 12.0 Å². The van der Waals surface area contributed by atoms with Crippen LogP contribution in [0.3, 0.4) is 0 Å². The van der Waals surface area contributed by atoms with Crippen molar-refractivity contribution in [2.45, 2.75) is 18.7 Å². The zero-order valence-corrected chi connectivity index (χ0v) is 11.5. The van der Waals surface area contributed by atoms with Crippen LogP contribution in [0.5, 0.6) is 0 Å². The number of rotatable bonds is 2. The summed E-state index contributed by atoms with van der Waals surface area (Å²) in [6, 6.07) is 10.3. The highest BCUT2D eigenvalue weighted by Crippen LogP contribution is 2.28. The molecule has 2 N–H and O–H groups in total. The fourth-order valence-electron chi connectivity index (χ4n) is 2.04. The second-order valence-corrected chi connectivity index (χ2v) is 5.00. The number of hydrogen-bond donors (Lipinski definition) is 1. The van der Waals surface area contributed by atoms with E-state index < -0.39 is 0 Å². The molecule has 0 fully saturated rings. The fraction of sp³-hybridized carbons (Fsp3) is 0.214. The van der Waals surface area contributed by atoms with Crippen LogP contribution in [0, 0.1) is 25.2 Å². The van der Waals surface area contributed by atoms with Crippen molar-refractivity contribution in [3.05, 3.63) is 41.1 Å². The molecular weight excluding hydrogens is 242 g/mol. The van der Waals surface area contributed by atoms with Crippen LogP contribution in [-0.4, -0.2) is 10.8 Å². The summed E-state index contributed by atoms with van der Waals surface area (Å²) in [5.41, 5.74) is 9.58. The third kappa shape index (κ3) is 1.87. The van der Waals surface area contributed by atoms with Gasteiger partial charge in [0.1, 0.15) is 11.9 Å². The zero-order valence-electron chi connectivity index (χ0n) is 10.7. The highest BCUT2D eigenvalue weighted by atomic mass is 32.2. The van der Waals surface area contributed by atoms with Crippen molar-refractivity contribution in [1.82, 2.24) is 4.57 Å². The monoisotopic (exact) mass is 257 g/mol. The Morgan fingerprint density at radius 2 is 1.83 bits per heavy atom. The summed E-state index contributed by atoms with van der Waals surface area (Å²) in [5.74, 6) is 0.518. The third-order valence-electron chi connectivity index (χ3n) is 3.19. The first-order chi connectivity index (χ1) is 8.60. The Kier molecular flexibility index (Phi) is 3.35. The number of nitriles is 1. The van der Waals surface area contributed by atoms with Gasteiger partial charge in [0.25, 0.3) is 0 Å². The molecule has 0 aliphatic heterocycles. The maximum Gasteiger partial charge on any atom is 0.126 e. The van der Waals surface area contributed by atoms with E-state index in [0.717, 1.165) is 16.9 Å². The normalized spacial score (nSPS) is 10.3. The van der Waals surface area contributed by atoms with Crippen LogP contribution in [0.2, 0.25) is 0 Å². The first-order valence-electron chi connectivity index (χ1n) is 5.62. The molecule has 0 atom stereocenters. The van der Waals surface area contributed by atoms with Crippen LogP contribution in [0.25, 0.3) is 5.69 Å². The Balaban J connectivity index is 2.61. The molecule has 18 heavy (non-hydrogen) atoms. The molecule has 0 spiro atoms. The van der Waals surface area contributed by atoms with Gasteiger partial charge in [-0.15, -0.1) is 11.8 Å². The minimum atomic E-state index is 0.518. The number of thioether (sulfide) groups is 1. The van der Waals surface area contributed by atoms with Crippen LogP contribution in [-0.2, 0) is 0 Å². The molecule has 0 radical (unpaired) electrons. The van der Waals surface area contributed by atoms with E-state index in [4.69, 9.17) is 11.0 Å². The summed E-state index contributed by atoms with van der Waals surface area (Å²) >= 11 is 1.70. The Hall–Kier alpha value is -1.86. The molecule has 2 aromatic rings. The van der Waals surface area contributed by atoms with Crippen molar-refractivity contribution >= 4 is 17.6 Å². The smallest absolute Gasteiger partial charge is 0.126 e. The van der Waals surface area contributed by atoms with Crippen molar-refractivity contribution in [1.29, 1.82) is 5.26 Å². The molecule has 1 aromatic heterocycles. The van der Waals surface area contributed by atoms with Gasteiger partial charge in [-0.2, -0.15) is 5.26 Å². The van der Waals surface area contributed by atoms with E-state index in [1.54, 1.807) is 11.8 Å². The van der Waals surface area contributed by atoms with Crippen LogP contribution in [0.4, 0.5) is 5.82 Å². The molecule has 0 bridgehead atoms. The largest absolute Gasteiger partial charge is 0.384 e. The Morgan fingerprint density at radius 3 is 2.28 bits per heavy atom. The summed E-state index contributed by atoms with van der Waals surface area (Å²) in [5, 5.41) is 9.12. The maximum absolute atomic E-state index is 9.12. The van der Waals surface area contributed by atoms with Crippen molar-refractivity contribution in [2.24, 2.45) is 0 Å². The Bertz CT molecular complexity index is 618. The second kappa shape index (κ2) is 4.79. The lowest BCUT2D eigenvalue weighted by Gasteiger charge is -2.09. The molecular formula is C14H15N3S. The molecule has 1 heterocycles. The number of nitrogen functional groups attached to an aromatic ring is 1. The zero-order chi connectivity index (χ0) is 13.3. The molecule has 0 aliphatic rings. The van der Waals surface area contributed by atoms with E-state index in [0.29, 0.717) is 11.4 Å². The number of hydrogen-bond acceptors (Lipinski definition) is 3. The molecule has 0 amide bonds. The highest BCUT2D eigenvalue weighted by Gasteiger charge is 2.15. The number of nitrogens with zero attached hydrogens (tertiary/aromatic N) is 2. The summed E-state index contributed by atoms with van der Waals surface area (Å²) in [4.78, 5) is 1.21. The molecule has 0 aliphatic carbocycles. The van der Waals surface area contributed by atoms with Gasteiger partial charge < -0.3 is 5.73 Å². The minimum absolute atomic E-state index is 0.518. The molecule has 0 saturated heterocycles. The second-order valence-electron chi connectivity index (χ2n) is 4.12. The van der Waals surface area contributed by atoms with E-state index in [-0.39, 0.29) is 0 Å². The van der Waals surface area contributed by atoms with Crippen molar-refractivity contribution < 1.29 is 0 Å². The predicted octanol–water partition coefficient (Wildman–Crippen LogP) is 3.27. The lowest BCUT2D eigenvalue weighted by molar-refractivity contribution is 1.01. The quantitative estimate of drug-likeness (QED) is 0.840. The highest BCUT2D eigenvalue weighted by molar-refractivity contribution is 7.98. The third-order valence-corrected chi connectivity index (χ3v) is 3.94. The molecule has 92 valence electrons. The molecule has 0 unspecified atom stereocenters. The SMILES string of the molecule is CSc1ccc(-n2c(C)c(C)c(C#N)c2N)cc1. The van der Waals surface area contributed by atoms with Gasteiger partial charge in [-0.25, -0.2) is 0 Å². The Morgan fingerprint density at radius 1 is 1.22 bits per heavy atom. The summed E-state index contributed by atoms with van der Waals surface area (Å²) in [6.07, 6.45) is 2.04. The van der Waals surface area contributed by atoms with Crippen LogP contribution in [0.1, 0.15) is 16.8 Å². The number of aromatic nitrogens is 1. The number of benzene rings is 1. The van der Waals surface area contributed by atoms with Gasteiger partial charge in [-0.3, -0.25) is 4.57 Å². The van der Waals surface area contributed by atoms with Gasteiger partial charge in [-0.1, -0.05) is 0 Å². The maximum atomic E-state index is 9.12. The lowest BCUT2D eigenvalue weighted by atomic mass is 10.2. The van der Waals surface area contributed by atoms with Gasteiger partial charge in [0.05, 0.1) is 5.56 Å². The van der Waals surface area contributed by atoms with Gasteiger partial charge in [-0.05, 0) is 49.9 Å². The van der Waals surface area contributed by atoms with Crippen molar-refractivity contribution in [3.8, 4) is 11.8 Å². The van der Waals surface area contributed by atoms with E-state index in [9.17, 15) is 0 Å². The Labute approximate surface area is 111 Å². The first kappa shape index (κ1) is 12.6. The van der Waals surface area contributed by atoms with Gasteiger partial charge in [0.15, 0.2) is 0 Å². The molecule has 0 saturated carbocycles. The van der Waals surface area contributed by atoms with E-state index in [1.807, 2.05) is 36.8 Å². The van der Waals surface area contributed by atoms with Crippen LogP contribution < -0.4 is 5.73 Å². The minimum Gasteiger partial charge on any atom is -0.384 e. The summed E-state index contributed by atoms with van der Waals surface area (Å²) in [7, 11) is 0. The standard InChI is InChI=1S/C14H15N3S/c1-9-10(2)17(14(16)13(9)8-15)11-4-6-12(18-3)7-5-11/h4-7H,16H2,1-3H3. The average molecular weight is 257 g/mol. The van der Waals surface area contributed by atoms with Crippen molar-refractivity contribution in [3.63, 3.8) is 0 Å². The fourth-order valence-corrected chi connectivity index (χ4v) is 2.45. The predicted molar refractivity (Wildman–Crippen MR) is 76.2 cm³/mol. The molecule has 1 aromatic carbocycles. The van der Waals surface area contributed by atoms with Crippen LogP contribution >= 0.6 is 11.8 Å². The number of nitrogens with two attached hydrogens (primary N) is 1. The van der Waals surface area contributed by atoms with Crippen LogP contribution in [0.15, 0.2) is 29.2 Å². The summed E-state index contributed by atoms with van der Waals surface area (Å²) in [6.45, 7) is 3.91. The van der Waals surface area contributed by atoms with Gasteiger partial charge in [0.2, 0.25) is 0 Å². The lowest BCUT2D eigenvalue weighted by Crippen LogP contribution is -2.02. The number of anilines is 1.